The molecular weight excluding hydrogens is 348 g/mol. The summed E-state index contributed by atoms with van der Waals surface area (Å²) in [6.07, 6.45) is 7.74. The summed E-state index contributed by atoms with van der Waals surface area (Å²) in [7, 11) is -3.43. The third-order valence-electron chi connectivity index (χ3n) is 5.66. The maximum absolute atomic E-state index is 12.8. The average Bonchev–Trinajstić information content (AvgIpc) is 2.92. The first kappa shape index (κ1) is 21.7. The van der Waals surface area contributed by atoms with E-state index in [0.29, 0.717) is 38.4 Å². The molecule has 0 spiro atoms. The Labute approximate surface area is 153 Å². The highest BCUT2D eigenvalue weighted by molar-refractivity contribution is 7.92. The normalized spacial score (nSPS) is 22.8. The summed E-state index contributed by atoms with van der Waals surface area (Å²) in [6.45, 7) is 6.21. The fraction of sp³-hybridized carbons (Fsp3) is 0.941. The highest BCUT2D eigenvalue weighted by Gasteiger charge is 2.49. The molecule has 142 valence electrons. The Morgan fingerprint density at radius 3 is 2.12 bits per heavy atom. The predicted octanol–water partition coefficient (Wildman–Crippen LogP) is 2.30. The van der Waals surface area contributed by atoms with Crippen molar-refractivity contribution in [3.63, 3.8) is 0 Å². The summed E-state index contributed by atoms with van der Waals surface area (Å²) in [4.78, 5) is 12.8. The van der Waals surface area contributed by atoms with Gasteiger partial charge >= 0.3 is 0 Å². The standard InChI is InChI=1S/C17H32N2O3S.ClH/c1-14(2)12-16(6-4-5-7-16)13-19-15(20)17(23(3,21)22)8-10-18-11-9-17;/h14,18H,4-13H2,1-3H3,(H,19,20);1H. The van der Waals surface area contributed by atoms with E-state index < -0.39 is 14.6 Å². The van der Waals surface area contributed by atoms with Gasteiger partial charge in [-0.3, -0.25) is 4.79 Å². The molecule has 0 atom stereocenters. The number of halogens is 1. The molecule has 2 aliphatic rings. The molecule has 2 rings (SSSR count). The number of nitrogens with one attached hydrogen (secondary N) is 2. The SMILES string of the molecule is CC(C)CC1(CNC(=O)C2(S(C)(=O)=O)CCNCC2)CCCC1.Cl. The Morgan fingerprint density at radius 2 is 1.67 bits per heavy atom. The van der Waals surface area contributed by atoms with Crippen LogP contribution in [0.25, 0.3) is 0 Å². The van der Waals surface area contributed by atoms with E-state index in [0.717, 1.165) is 19.3 Å². The van der Waals surface area contributed by atoms with Gasteiger partial charge in [-0.1, -0.05) is 26.7 Å². The average molecular weight is 381 g/mol. The van der Waals surface area contributed by atoms with Crippen LogP contribution in [0.5, 0.6) is 0 Å². The van der Waals surface area contributed by atoms with Gasteiger partial charge in [0.1, 0.15) is 0 Å². The highest BCUT2D eigenvalue weighted by atomic mass is 35.5. The monoisotopic (exact) mass is 380 g/mol. The number of sulfone groups is 1. The fourth-order valence-corrected chi connectivity index (χ4v) is 5.82. The number of hydrogen-bond acceptors (Lipinski definition) is 4. The van der Waals surface area contributed by atoms with Crippen LogP contribution in [0.15, 0.2) is 0 Å². The van der Waals surface area contributed by atoms with Crippen molar-refractivity contribution >= 4 is 28.2 Å². The van der Waals surface area contributed by atoms with E-state index >= 15 is 0 Å². The van der Waals surface area contributed by atoms with Gasteiger partial charge in [-0.15, -0.1) is 12.4 Å². The lowest BCUT2D eigenvalue weighted by Gasteiger charge is -2.37. The summed E-state index contributed by atoms with van der Waals surface area (Å²) in [6, 6.07) is 0. The lowest BCUT2D eigenvalue weighted by atomic mass is 9.78. The molecule has 1 saturated carbocycles. The van der Waals surface area contributed by atoms with Crippen molar-refractivity contribution < 1.29 is 13.2 Å². The molecule has 1 heterocycles. The molecule has 2 fully saturated rings. The third-order valence-corrected chi connectivity index (χ3v) is 7.68. The van der Waals surface area contributed by atoms with Gasteiger partial charge in [0, 0.05) is 12.8 Å². The van der Waals surface area contributed by atoms with Crippen molar-refractivity contribution in [2.24, 2.45) is 11.3 Å². The topological polar surface area (TPSA) is 75.3 Å². The van der Waals surface area contributed by atoms with Crippen LogP contribution in [-0.4, -0.2) is 45.0 Å². The second-order valence-corrected chi connectivity index (χ2v) is 10.3. The van der Waals surface area contributed by atoms with Crippen LogP contribution in [0.3, 0.4) is 0 Å². The largest absolute Gasteiger partial charge is 0.354 e. The van der Waals surface area contributed by atoms with Gasteiger partial charge in [0.25, 0.3) is 0 Å². The molecule has 0 bridgehead atoms. The zero-order valence-corrected chi connectivity index (χ0v) is 16.8. The summed E-state index contributed by atoms with van der Waals surface area (Å²) in [5, 5.41) is 6.19. The quantitative estimate of drug-likeness (QED) is 0.741. The van der Waals surface area contributed by atoms with Crippen molar-refractivity contribution in [1.82, 2.24) is 10.6 Å². The van der Waals surface area contributed by atoms with E-state index in [9.17, 15) is 13.2 Å². The van der Waals surface area contributed by atoms with Crippen LogP contribution in [0, 0.1) is 11.3 Å². The summed E-state index contributed by atoms with van der Waals surface area (Å²) in [5.74, 6) is 0.310. The molecular formula is C17H33ClN2O3S. The number of rotatable bonds is 6. The molecule has 0 radical (unpaired) electrons. The minimum absolute atomic E-state index is 0. The summed E-state index contributed by atoms with van der Waals surface area (Å²) >= 11 is 0. The van der Waals surface area contributed by atoms with Crippen LogP contribution in [-0.2, 0) is 14.6 Å². The second-order valence-electron chi connectivity index (χ2n) is 8.00. The highest BCUT2D eigenvalue weighted by Crippen LogP contribution is 2.42. The smallest absolute Gasteiger partial charge is 0.241 e. The number of hydrogen-bond donors (Lipinski definition) is 2. The number of piperidine rings is 1. The van der Waals surface area contributed by atoms with Crippen LogP contribution in [0.2, 0.25) is 0 Å². The van der Waals surface area contributed by atoms with Gasteiger partial charge in [-0.2, -0.15) is 0 Å². The molecule has 7 heteroatoms. The minimum atomic E-state index is -3.43. The molecule has 0 unspecified atom stereocenters. The number of carbonyl (C=O) groups is 1. The lowest BCUT2D eigenvalue weighted by molar-refractivity contribution is -0.124. The van der Waals surface area contributed by atoms with Crippen LogP contribution < -0.4 is 10.6 Å². The molecule has 0 aromatic carbocycles. The number of amides is 1. The van der Waals surface area contributed by atoms with E-state index in [1.165, 1.54) is 19.1 Å². The van der Waals surface area contributed by atoms with Crippen molar-refractivity contribution in [2.45, 2.75) is 63.5 Å². The molecule has 1 aliphatic carbocycles. The maximum atomic E-state index is 12.8. The Morgan fingerprint density at radius 1 is 1.12 bits per heavy atom. The Hall–Kier alpha value is -0.330. The lowest BCUT2D eigenvalue weighted by Crippen LogP contribution is -2.58. The fourth-order valence-electron chi connectivity index (χ4n) is 4.47. The molecule has 5 nitrogen and oxygen atoms in total. The Balaban J connectivity index is 0.00000288. The Kier molecular flexibility index (Phi) is 7.57. The van der Waals surface area contributed by atoms with Crippen LogP contribution >= 0.6 is 12.4 Å². The van der Waals surface area contributed by atoms with E-state index in [1.807, 2.05) is 0 Å². The number of carbonyl (C=O) groups excluding carboxylic acids is 1. The first-order valence-corrected chi connectivity index (χ1v) is 10.8. The summed E-state index contributed by atoms with van der Waals surface area (Å²) in [5.41, 5.74) is 0.162. The molecule has 1 saturated heterocycles. The van der Waals surface area contributed by atoms with Crippen LogP contribution in [0.1, 0.15) is 58.8 Å². The predicted molar refractivity (Wildman–Crippen MR) is 100 cm³/mol. The van der Waals surface area contributed by atoms with Crippen molar-refractivity contribution in [3.8, 4) is 0 Å². The van der Waals surface area contributed by atoms with Crippen molar-refractivity contribution in [2.75, 3.05) is 25.9 Å². The zero-order valence-electron chi connectivity index (χ0n) is 15.2. The summed E-state index contributed by atoms with van der Waals surface area (Å²) < 4.78 is 23.4. The molecule has 1 amide bonds. The maximum Gasteiger partial charge on any atom is 0.241 e. The van der Waals surface area contributed by atoms with Crippen LogP contribution in [0.4, 0.5) is 0 Å². The van der Waals surface area contributed by atoms with E-state index in [2.05, 4.69) is 24.5 Å². The van der Waals surface area contributed by atoms with Gasteiger partial charge < -0.3 is 10.6 Å². The zero-order chi connectivity index (χ0) is 17.1. The minimum Gasteiger partial charge on any atom is -0.354 e. The van der Waals surface area contributed by atoms with Gasteiger partial charge in [0.15, 0.2) is 14.6 Å². The third kappa shape index (κ3) is 4.64. The van der Waals surface area contributed by atoms with E-state index in [4.69, 9.17) is 0 Å². The first-order valence-electron chi connectivity index (χ1n) is 8.89. The Bertz CT molecular complexity index is 522. The van der Waals surface area contributed by atoms with Crippen molar-refractivity contribution in [1.29, 1.82) is 0 Å². The van der Waals surface area contributed by atoms with E-state index in [-0.39, 0.29) is 23.7 Å². The molecule has 0 aromatic heterocycles. The van der Waals surface area contributed by atoms with Crippen molar-refractivity contribution in [3.05, 3.63) is 0 Å². The molecule has 2 N–H and O–H groups in total. The molecule has 1 aliphatic heterocycles. The first-order chi connectivity index (χ1) is 10.7. The van der Waals surface area contributed by atoms with Gasteiger partial charge in [0.05, 0.1) is 0 Å². The second kappa shape index (κ2) is 8.37. The van der Waals surface area contributed by atoms with Gasteiger partial charge in [-0.05, 0) is 56.5 Å². The van der Waals surface area contributed by atoms with Gasteiger partial charge in [-0.25, -0.2) is 8.42 Å². The molecule has 24 heavy (non-hydrogen) atoms. The van der Waals surface area contributed by atoms with E-state index in [1.54, 1.807) is 0 Å². The van der Waals surface area contributed by atoms with Gasteiger partial charge in [0.2, 0.25) is 5.91 Å². The molecule has 0 aromatic rings.